The molecule has 0 bridgehead atoms. The van der Waals surface area contributed by atoms with E-state index in [1.807, 2.05) is 31.2 Å². The molecule has 112 valence electrons. The number of hydrogen-bond donors (Lipinski definition) is 2. The van der Waals surface area contributed by atoms with E-state index in [0.717, 1.165) is 24.0 Å². The summed E-state index contributed by atoms with van der Waals surface area (Å²) in [5.74, 6) is 0. The molecule has 1 aliphatic carbocycles. The minimum Gasteiger partial charge on any atom is -0.394 e. The van der Waals surface area contributed by atoms with Crippen LogP contribution in [0.4, 0.5) is 0 Å². The Balaban J connectivity index is 2.01. The van der Waals surface area contributed by atoms with Gasteiger partial charge in [-0.3, -0.25) is 0 Å². The summed E-state index contributed by atoms with van der Waals surface area (Å²) in [6.45, 7) is 2.28. The number of rotatable bonds is 8. The molecule has 0 heterocycles. The average Bonchev–Trinajstić information content (AvgIpc) is 3.25. The molecule has 1 aromatic rings. The van der Waals surface area contributed by atoms with Crippen molar-refractivity contribution in [2.24, 2.45) is 0 Å². The molecule has 0 aromatic heterocycles. The number of sulfonamides is 1. The maximum absolute atomic E-state index is 11.8. The number of nitrogens with one attached hydrogen (secondary N) is 1. The van der Waals surface area contributed by atoms with Gasteiger partial charge in [-0.15, -0.1) is 0 Å². The minimum absolute atomic E-state index is 0.0856. The summed E-state index contributed by atoms with van der Waals surface area (Å²) in [6, 6.07) is 7.76. The summed E-state index contributed by atoms with van der Waals surface area (Å²) < 4.78 is 31.8. The molecule has 0 unspecified atom stereocenters. The van der Waals surface area contributed by atoms with Crippen LogP contribution in [-0.4, -0.2) is 38.5 Å². The van der Waals surface area contributed by atoms with E-state index in [9.17, 15) is 8.42 Å². The Hall–Kier alpha value is -0.950. The maximum Gasteiger partial charge on any atom is 0.214 e. The molecule has 1 fully saturated rings. The molecule has 2 N–H and O–H groups in total. The second-order valence-electron chi connectivity index (χ2n) is 5.09. The second kappa shape index (κ2) is 6.67. The average molecular weight is 299 g/mol. The number of ether oxygens (including phenoxy) is 1. The minimum atomic E-state index is -3.22. The van der Waals surface area contributed by atoms with Crippen LogP contribution >= 0.6 is 0 Å². The predicted octanol–water partition coefficient (Wildman–Crippen LogP) is 1.13. The molecule has 1 aliphatic rings. The van der Waals surface area contributed by atoms with Crippen molar-refractivity contribution in [3.8, 4) is 0 Å². The summed E-state index contributed by atoms with van der Waals surface area (Å²) in [5.41, 5.74) is 2.04. The Morgan fingerprint density at radius 2 is 2.00 bits per heavy atom. The Bertz CT molecular complexity index is 523. The molecule has 0 radical (unpaired) electrons. The van der Waals surface area contributed by atoms with Crippen molar-refractivity contribution in [2.45, 2.75) is 31.1 Å². The van der Waals surface area contributed by atoms with Crippen LogP contribution in [0.2, 0.25) is 0 Å². The fourth-order valence-corrected chi connectivity index (χ4v) is 3.31. The highest BCUT2D eigenvalue weighted by molar-refractivity contribution is 7.90. The molecule has 2 rings (SSSR count). The summed E-state index contributed by atoms with van der Waals surface area (Å²) in [7, 11) is -3.22. The Morgan fingerprint density at radius 1 is 1.35 bits per heavy atom. The molecule has 0 spiro atoms. The molecule has 5 nitrogen and oxygen atoms in total. The van der Waals surface area contributed by atoms with Crippen molar-refractivity contribution in [1.82, 2.24) is 4.72 Å². The van der Waals surface area contributed by atoms with Gasteiger partial charge in [0.15, 0.2) is 0 Å². The van der Waals surface area contributed by atoms with Gasteiger partial charge in [0.25, 0.3) is 0 Å². The molecule has 1 saturated carbocycles. The number of aliphatic hydroxyl groups is 1. The van der Waals surface area contributed by atoms with Crippen molar-refractivity contribution in [3.05, 3.63) is 35.4 Å². The van der Waals surface area contributed by atoms with Crippen LogP contribution in [0, 0.1) is 6.92 Å². The highest BCUT2D eigenvalue weighted by atomic mass is 32.2. The molecule has 20 heavy (non-hydrogen) atoms. The Kier molecular flexibility index (Phi) is 5.15. The van der Waals surface area contributed by atoms with Crippen LogP contribution in [0.15, 0.2) is 24.3 Å². The van der Waals surface area contributed by atoms with Crippen LogP contribution in [0.3, 0.4) is 0 Å². The molecule has 0 amide bonds. The van der Waals surface area contributed by atoms with Gasteiger partial charge in [0.1, 0.15) is 0 Å². The zero-order chi connectivity index (χ0) is 14.6. The normalized spacial score (nSPS) is 17.1. The third kappa shape index (κ3) is 4.28. The number of aliphatic hydroxyl groups excluding tert-OH is 1. The first kappa shape index (κ1) is 15.4. The van der Waals surface area contributed by atoms with Crippen molar-refractivity contribution in [1.29, 1.82) is 0 Å². The third-order valence-electron chi connectivity index (χ3n) is 3.29. The summed E-state index contributed by atoms with van der Waals surface area (Å²) in [6.07, 6.45) is 1.10. The second-order valence-corrected chi connectivity index (χ2v) is 7.13. The predicted molar refractivity (Wildman–Crippen MR) is 76.9 cm³/mol. The van der Waals surface area contributed by atoms with E-state index in [1.54, 1.807) is 0 Å². The summed E-state index contributed by atoms with van der Waals surface area (Å²) in [4.78, 5) is 0. The first-order valence-electron chi connectivity index (χ1n) is 6.80. The zero-order valence-corrected chi connectivity index (χ0v) is 12.4. The van der Waals surface area contributed by atoms with E-state index in [-0.39, 0.29) is 31.1 Å². The largest absolute Gasteiger partial charge is 0.394 e. The lowest BCUT2D eigenvalue weighted by Crippen LogP contribution is -2.32. The molecular weight excluding hydrogens is 278 g/mol. The third-order valence-corrected chi connectivity index (χ3v) is 5.21. The summed E-state index contributed by atoms with van der Waals surface area (Å²) >= 11 is 0. The monoisotopic (exact) mass is 299 g/mol. The van der Waals surface area contributed by atoms with E-state index < -0.39 is 10.0 Å². The Labute approximate surface area is 120 Å². The van der Waals surface area contributed by atoms with Crippen LogP contribution in [0.1, 0.15) is 30.1 Å². The molecule has 6 heteroatoms. The van der Waals surface area contributed by atoms with Crippen LogP contribution in [-0.2, 0) is 14.8 Å². The topological polar surface area (TPSA) is 75.6 Å². The van der Waals surface area contributed by atoms with Gasteiger partial charge in [0.2, 0.25) is 10.0 Å². The lowest BCUT2D eigenvalue weighted by atomic mass is 10.1. The molecule has 0 aliphatic heterocycles. The van der Waals surface area contributed by atoms with Crippen LogP contribution < -0.4 is 4.72 Å². The van der Waals surface area contributed by atoms with Crippen molar-refractivity contribution < 1.29 is 18.3 Å². The quantitative estimate of drug-likeness (QED) is 0.754. The van der Waals surface area contributed by atoms with Gasteiger partial charge in [-0.1, -0.05) is 29.8 Å². The van der Waals surface area contributed by atoms with Crippen molar-refractivity contribution in [2.75, 3.05) is 19.8 Å². The number of hydrogen-bond acceptors (Lipinski definition) is 4. The standard InChI is InChI=1S/C14H21NO4S/c1-11-2-4-12(5-3-11)14(19-9-8-16)10-15-20(17,18)13-6-7-13/h2-5,13-16H,6-10H2,1H3/t14-/m1/s1. The van der Waals surface area contributed by atoms with Gasteiger partial charge >= 0.3 is 0 Å². The zero-order valence-electron chi connectivity index (χ0n) is 11.6. The first-order valence-corrected chi connectivity index (χ1v) is 8.35. The first-order chi connectivity index (χ1) is 9.53. The molecule has 1 aromatic carbocycles. The van der Waals surface area contributed by atoms with Gasteiger partial charge in [0.05, 0.1) is 24.6 Å². The highest BCUT2D eigenvalue weighted by Crippen LogP contribution is 2.28. The van der Waals surface area contributed by atoms with Gasteiger partial charge in [-0.05, 0) is 25.3 Å². The number of aryl methyl sites for hydroxylation is 1. The summed E-state index contributed by atoms with van der Waals surface area (Å²) in [5, 5.41) is 8.63. The van der Waals surface area contributed by atoms with E-state index in [1.165, 1.54) is 0 Å². The van der Waals surface area contributed by atoms with E-state index >= 15 is 0 Å². The van der Waals surface area contributed by atoms with Crippen molar-refractivity contribution in [3.63, 3.8) is 0 Å². The van der Waals surface area contributed by atoms with Gasteiger partial charge in [0, 0.05) is 6.54 Å². The van der Waals surface area contributed by atoms with E-state index in [4.69, 9.17) is 9.84 Å². The molecular formula is C14H21NO4S. The molecule has 0 saturated heterocycles. The van der Waals surface area contributed by atoms with Crippen LogP contribution in [0.25, 0.3) is 0 Å². The lowest BCUT2D eigenvalue weighted by molar-refractivity contribution is 0.0309. The van der Waals surface area contributed by atoms with Gasteiger partial charge < -0.3 is 9.84 Å². The highest BCUT2D eigenvalue weighted by Gasteiger charge is 2.35. The number of benzene rings is 1. The van der Waals surface area contributed by atoms with Gasteiger partial charge in [-0.25, -0.2) is 13.1 Å². The van der Waals surface area contributed by atoms with E-state index in [0.29, 0.717) is 0 Å². The van der Waals surface area contributed by atoms with Gasteiger partial charge in [-0.2, -0.15) is 0 Å². The van der Waals surface area contributed by atoms with Crippen molar-refractivity contribution >= 4 is 10.0 Å². The smallest absolute Gasteiger partial charge is 0.214 e. The Morgan fingerprint density at radius 3 is 2.55 bits per heavy atom. The molecule has 1 atom stereocenters. The SMILES string of the molecule is Cc1ccc([C@@H](CNS(=O)(=O)C2CC2)OCCO)cc1. The van der Waals surface area contributed by atoms with E-state index in [2.05, 4.69) is 4.72 Å². The lowest BCUT2D eigenvalue weighted by Gasteiger charge is -2.19. The fourth-order valence-electron chi connectivity index (χ4n) is 1.94. The fraction of sp³-hybridized carbons (Fsp3) is 0.571. The maximum atomic E-state index is 11.8. The van der Waals surface area contributed by atoms with Crippen LogP contribution in [0.5, 0.6) is 0 Å².